The van der Waals surface area contributed by atoms with Crippen LogP contribution in [0.2, 0.25) is 0 Å². The first kappa shape index (κ1) is 6.02. The average Bonchev–Trinajstić information content (AvgIpc) is 2.47. The molecule has 0 unspecified atom stereocenters. The van der Waals surface area contributed by atoms with Gasteiger partial charge in [0.15, 0.2) is 0 Å². The van der Waals surface area contributed by atoms with E-state index in [1.165, 1.54) is 0 Å². The molecule has 1 nitrogen and oxygen atoms in total. The Morgan fingerprint density at radius 1 is 1.75 bits per heavy atom. The van der Waals surface area contributed by atoms with Gasteiger partial charge in [-0.3, -0.25) is 0 Å². The van der Waals surface area contributed by atoms with Crippen molar-refractivity contribution in [2.75, 3.05) is 0 Å². The second kappa shape index (κ2) is 1.69. The fourth-order valence-electron chi connectivity index (χ4n) is 0.856. The van der Waals surface area contributed by atoms with Crippen LogP contribution in [0.1, 0.15) is 26.2 Å². The van der Waals surface area contributed by atoms with E-state index in [1.54, 1.807) is 0 Å². The number of hydrogen-bond acceptors (Lipinski definition) is 1. The van der Waals surface area contributed by atoms with Crippen molar-refractivity contribution in [3.63, 3.8) is 0 Å². The van der Waals surface area contributed by atoms with E-state index in [4.69, 9.17) is 5.73 Å². The predicted molar refractivity (Wildman–Crippen MR) is 31.3 cm³/mol. The summed E-state index contributed by atoms with van der Waals surface area (Å²) in [6.45, 7) is 1.92. The number of nitrogens with two attached hydrogens (primary N) is 1. The molecule has 2 N–H and O–H groups in total. The van der Waals surface area contributed by atoms with Gasteiger partial charge in [-0.15, -0.1) is 0 Å². The Morgan fingerprint density at radius 3 is 2.38 bits per heavy atom. The molecule has 0 saturated heterocycles. The minimum atomic E-state index is -0.964. The molecule has 1 aliphatic carbocycles. The lowest BCUT2D eigenvalue weighted by atomic mass is 10.1. The van der Waals surface area contributed by atoms with E-state index in [-0.39, 0.29) is 6.04 Å². The number of hydrogen-bond donors (Lipinski definition) is 1. The van der Waals surface area contributed by atoms with E-state index in [1.807, 2.05) is 6.92 Å². The van der Waals surface area contributed by atoms with E-state index < -0.39 is 5.67 Å². The first-order chi connectivity index (χ1) is 3.69. The van der Waals surface area contributed by atoms with Gasteiger partial charge in [0.1, 0.15) is 5.67 Å². The highest BCUT2D eigenvalue weighted by molar-refractivity contribution is 5.01. The number of alkyl halides is 1. The molecule has 0 aromatic carbocycles. The zero-order chi connectivity index (χ0) is 6.20. The van der Waals surface area contributed by atoms with Crippen LogP contribution in [-0.4, -0.2) is 11.7 Å². The van der Waals surface area contributed by atoms with E-state index in [2.05, 4.69) is 0 Å². The van der Waals surface area contributed by atoms with Crippen LogP contribution in [0.5, 0.6) is 0 Å². The lowest BCUT2D eigenvalue weighted by molar-refractivity contribution is 0.252. The highest BCUT2D eigenvalue weighted by Gasteiger charge is 2.47. The lowest BCUT2D eigenvalue weighted by Crippen LogP contribution is -2.32. The molecule has 1 aliphatic rings. The monoisotopic (exact) mass is 117 g/mol. The summed E-state index contributed by atoms with van der Waals surface area (Å²) in [7, 11) is 0. The average molecular weight is 117 g/mol. The molecular formula is C6H12FN. The molecule has 0 radical (unpaired) electrons. The Hall–Kier alpha value is -0.110. The summed E-state index contributed by atoms with van der Waals surface area (Å²) >= 11 is 0. The molecule has 0 aromatic rings. The van der Waals surface area contributed by atoms with E-state index in [9.17, 15) is 4.39 Å². The van der Waals surface area contributed by atoms with Crippen LogP contribution in [0.4, 0.5) is 4.39 Å². The van der Waals surface area contributed by atoms with Crippen molar-refractivity contribution in [2.45, 2.75) is 37.9 Å². The summed E-state index contributed by atoms with van der Waals surface area (Å²) in [5, 5.41) is 0. The summed E-state index contributed by atoms with van der Waals surface area (Å²) in [6.07, 6.45) is 2.13. The van der Waals surface area contributed by atoms with Crippen LogP contribution < -0.4 is 5.73 Å². The van der Waals surface area contributed by atoms with Gasteiger partial charge in [0.25, 0.3) is 0 Å². The largest absolute Gasteiger partial charge is 0.325 e. The molecule has 48 valence electrons. The molecule has 0 bridgehead atoms. The minimum Gasteiger partial charge on any atom is -0.325 e. The highest BCUT2D eigenvalue weighted by Crippen LogP contribution is 2.42. The maximum Gasteiger partial charge on any atom is 0.126 e. The van der Waals surface area contributed by atoms with Crippen LogP contribution in [0, 0.1) is 0 Å². The third-order valence-corrected chi connectivity index (χ3v) is 1.83. The van der Waals surface area contributed by atoms with Gasteiger partial charge in [0.05, 0.1) is 0 Å². The maximum atomic E-state index is 12.8. The van der Waals surface area contributed by atoms with Crippen LogP contribution in [0.15, 0.2) is 0 Å². The van der Waals surface area contributed by atoms with Crippen molar-refractivity contribution >= 4 is 0 Å². The van der Waals surface area contributed by atoms with Gasteiger partial charge >= 0.3 is 0 Å². The number of rotatable bonds is 2. The molecule has 8 heavy (non-hydrogen) atoms. The Balaban J connectivity index is 2.34. The topological polar surface area (TPSA) is 26.0 Å². The first-order valence-electron chi connectivity index (χ1n) is 3.13. The molecule has 1 fully saturated rings. The van der Waals surface area contributed by atoms with Crippen molar-refractivity contribution in [3.8, 4) is 0 Å². The van der Waals surface area contributed by atoms with Gasteiger partial charge in [-0.05, 0) is 19.3 Å². The van der Waals surface area contributed by atoms with Crippen molar-refractivity contribution in [1.82, 2.24) is 0 Å². The maximum absolute atomic E-state index is 12.8. The third-order valence-electron chi connectivity index (χ3n) is 1.83. The summed E-state index contributed by atoms with van der Waals surface area (Å²) in [4.78, 5) is 0. The van der Waals surface area contributed by atoms with Crippen LogP contribution in [0.25, 0.3) is 0 Å². The third kappa shape index (κ3) is 0.848. The van der Waals surface area contributed by atoms with E-state index in [0.29, 0.717) is 12.8 Å². The second-order valence-corrected chi connectivity index (χ2v) is 2.55. The Labute approximate surface area is 49.1 Å². The van der Waals surface area contributed by atoms with Crippen LogP contribution >= 0.6 is 0 Å². The molecule has 0 aromatic heterocycles. The van der Waals surface area contributed by atoms with Gasteiger partial charge < -0.3 is 5.73 Å². The van der Waals surface area contributed by atoms with Crippen molar-refractivity contribution in [2.24, 2.45) is 5.73 Å². The zero-order valence-electron chi connectivity index (χ0n) is 5.15. The summed E-state index contributed by atoms with van der Waals surface area (Å²) in [5.41, 5.74) is 4.47. The van der Waals surface area contributed by atoms with Crippen LogP contribution in [0.3, 0.4) is 0 Å². The predicted octanol–water partition coefficient (Wildman–Crippen LogP) is 1.23. The lowest BCUT2D eigenvalue weighted by Gasteiger charge is -2.11. The van der Waals surface area contributed by atoms with Crippen LogP contribution in [-0.2, 0) is 0 Å². The molecule has 2 heteroatoms. The summed E-state index contributed by atoms with van der Waals surface area (Å²) in [5.74, 6) is 0. The van der Waals surface area contributed by atoms with Gasteiger partial charge in [-0.1, -0.05) is 6.92 Å². The molecular weight excluding hydrogens is 105 g/mol. The Bertz CT molecular complexity index is 88.5. The SMILES string of the molecule is CC[C@@H](N)C1(F)CC1. The Morgan fingerprint density at radius 2 is 2.25 bits per heavy atom. The quantitative estimate of drug-likeness (QED) is 0.578. The Kier molecular flexibility index (Phi) is 1.27. The fraction of sp³-hybridized carbons (Fsp3) is 1.00. The fourth-order valence-corrected chi connectivity index (χ4v) is 0.856. The minimum absolute atomic E-state index is 0.206. The summed E-state index contributed by atoms with van der Waals surface area (Å²) < 4.78 is 12.8. The highest BCUT2D eigenvalue weighted by atomic mass is 19.1. The number of halogens is 1. The zero-order valence-corrected chi connectivity index (χ0v) is 5.15. The second-order valence-electron chi connectivity index (χ2n) is 2.55. The molecule has 0 heterocycles. The molecule has 1 rings (SSSR count). The van der Waals surface area contributed by atoms with Gasteiger partial charge in [0, 0.05) is 6.04 Å². The smallest absolute Gasteiger partial charge is 0.126 e. The van der Waals surface area contributed by atoms with Gasteiger partial charge in [0.2, 0.25) is 0 Å². The van der Waals surface area contributed by atoms with E-state index in [0.717, 1.165) is 6.42 Å². The van der Waals surface area contributed by atoms with Crippen molar-refractivity contribution in [3.05, 3.63) is 0 Å². The molecule has 0 amide bonds. The van der Waals surface area contributed by atoms with Gasteiger partial charge in [-0.25, -0.2) is 4.39 Å². The summed E-state index contributed by atoms with van der Waals surface area (Å²) in [6, 6.07) is -0.206. The standard InChI is InChI=1S/C6H12FN/c1-2-5(8)6(7)3-4-6/h5H,2-4,8H2,1H3/t5-/m1/s1. The first-order valence-corrected chi connectivity index (χ1v) is 3.13. The van der Waals surface area contributed by atoms with Crippen molar-refractivity contribution in [1.29, 1.82) is 0 Å². The molecule has 0 spiro atoms. The molecule has 0 aliphatic heterocycles. The van der Waals surface area contributed by atoms with Gasteiger partial charge in [-0.2, -0.15) is 0 Å². The van der Waals surface area contributed by atoms with E-state index >= 15 is 0 Å². The van der Waals surface area contributed by atoms with Crippen molar-refractivity contribution < 1.29 is 4.39 Å². The molecule has 1 saturated carbocycles. The molecule has 1 atom stereocenters. The normalized spacial score (nSPS) is 27.4.